The molecule has 0 N–H and O–H groups in total. The van der Waals surface area contributed by atoms with Gasteiger partial charge in [-0.05, 0) is 75.6 Å². The highest BCUT2D eigenvalue weighted by molar-refractivity contribution is 6.62. The molecule has 5 aromatic carbocycles. The van der Waals surface area contributed by atoms with Gasteiger partial charge in [-0.25, -0.2) is 9.97 Å². The minimum Gasteiger partial charge on any atom is -0.399 e. The van der Waals surface area contributed by atoms with Crippen molar-refractivity contribution in [3.8, 4) is 28.3 Å². The molecule has 0 amide bonds. The van der Waals surface area contributed by atoms with Gasteiger partial charge in [0.15, 0.2) is 5.82 Å². The summed E-state index contributed by atoms with van der Waals surface area (Å²) in [4.78, 5) is 10.2. The molecule has 1 aliphatic rings. The Labute approximate surface area is 257 Å². The summed E-state index contributed by atoms with van der Waals surface area (Å²) in [7, 11) is -0.406. The second-order valence-electron chi connectivity index (χ2n) is 12.5. The van der Waals surface area contributed by atoms with Gasteiger partial charge in [-0.15, -0.1) is 0 Å². The minimum atomic E-state index is -0.406. The number of nitrogens with zero attached hydrogens (tertiary/aromatic N) is 3. The average molecular weight is 574 g/mol. The Morgan fingerprint density at radius 3 is 1.93 bits per heavy atom. The van der Waals surface area contributed by atoms with Gasteiger partial charge in [-0.1, -0.05) is 78.9 Å². The van der Waals surface area contributed by atoms with Gasteiger partial charge in [-0.2, -0.15) is 0 Å². The van der Waals surface area contributed by atoms with E-state index in [1.807, 2.05) is 12.1 Å². The molecule has 3 heterocycles. The highest BCUT2D eigenvalue weighted by Gasteiger charge is 2.51. The second-order valence-corrected chi connectivity index (χ2v) is 12.5. The van der Waals surface area contributed by atoms with Crippen LogP contribution in [0.5, 0.6) is 0 Å². The molecule has 214 valence electrons. The first-order chi connectivity index (χ1) is 21.3. The third-order valence-corrected chi connectivity index (χ3v) is 9.26. The Balaban J connectivity index is 1.24. The molecule has 2 aromatic heterocycles. The number of hydrogen-bond donors (Lipinski definition) is 0. The van der Waals surface area contributed by atoms with E-state index in [0.717, 1.165) is 44.4 Å². The molecule has 0 saturated carbocycles. The van der Waals surface area contributed by atoms with Gasteiger partial charge >= 0.3 is 7.12 Å². The molecule has 0 bridgehead atoms. The zero-order valence-electron chi connectivity index (χ0n) is 25.3. The maximum atomic E-state index is 6.29. The van der Waals surface area contributed by atoms with Crippen molar-refractivity contribution in [1.29, 1.82) is 0 Å². The van der Waals surface area contributed by atoms with E-state index in [0.29, 0.717) is 5.82 Å². The Bertz CT molecular complexity index is 2170. The van der Waals surface area contributed by atoms with Crippen LogP contribution in [-0.2, 0) is 9.31 Å². The number of hydrogen-bond acceptors (Lipinski definition) is 4. The largest absolute Gasteiger partial charge is 0.494 e. The first kappa shape index (κ1) is 26.8. The van der Waals surface area contributed by atoms with Crippen LogP contribution in [-0.4, -0.2) is 32.9 Å². The summed E-state index contributed by atoms with van der Waals surface area (Å²) in [6.07, 6.45) is 0. The first-order valence-corrected chi connectivity index (χ1v) is 15.1. The molecule has 8 rings (SSSR count). The summed E-state index contributed by atoms with van der Waals surface area (Å²) in [5, 5.41) is 3.39. The fourth-order valence-electron chi connectivity index (χ4n) is 6.17. The van der Waals surface area contributed by atoms with E-state index < -0.39 is 7.12 Å². The molecule has 0 radical (unpaired) electrons. The Hall–Kier alpha value is -4.78. The highest BCUT2D eigenvalue weighted by atomic mass is 16.7. The van der Waals surface area contributed by atoms with Crippen LogP contribution in [0, 0.1) is 0 Å². The molecule has 1 aliphatic heterocycles. The van der Waals surface area contributed by atoms with E-state index in [-0.39, 0.29) is 11.2 Å². The van der Waals surface area contributed by atoms with E-state index in [2.05, 4.69) is 141 Å². The summed E-state index contributed by atoms with van der Waals surface area (Å²) in [5.41, 5.74) is 7.50. The third-order valence-electron chi connectivity index (χ3n) is 9.26. The second kappa shape index (κ2) is 9.88. The van der Waals surface area contributed by atoms with Crippen molar-refractivity contribution in [1.82, 2.24) is 14.5 Å². The Kier molecular flexibility index (Phi) is 6.02. The van der Waals surface area contributed by atoms with Crippen molar-refractivity contribution >= 4 is 45.3 Å². The van der Waals surface area contributed by atoms with Crippen LogP contribution >= 0.6 is 0 Å². The van der Waals surface area contributed by atoms with Crippen molar-refractivity contribution in [2.24, 2.45) is 0 Å². The van der Waals surface area contributed by atoms with Gasteiger partial charge in [0.25, 0.3) is 0 Å². The van der Waals surface area contributed by atoms with Crippen molar-refractivity contribution in [3.63, 3.8) is 0 Å². The molecule has 0 aliphatic carbocycles. The first-order valence-electron chi connectivity index (χ1n) is 15.1. The van der Waals surface area contributed by atoms with Crippen LogP contribution in [0.25, 0.3) is 61.0 Å². The number of aromatic nitrogens is 3. The van der Waals surface area contributed by atoms with Crippen molar-refractivity contribution in [3.05, 3.63) is 121 Å². The summed E-state index contributed by atoms with van der Waals surface area (Å²) in [5.74, 6) is 0.701. The molecule has 0 unspecified atom stereocenters. The predicted octanol–water partition coefficient (Wildman–Crippen LogP) is 8.36. The minimum absolute atomic E-state index is 0.386. The molecule has 5 nitrogen and oxygen atoms in total. The van der Waals surface area contributed by atoms with Crippen LogP contribution in [0.1, 0.15) is 27.7 Å². The van der Waals surface area contributed by atoms with Gasteiger partial charge < -0.3 is 13.9 Å². The molecular weight excluding hydrogens is 541 g/mol. The summed E-state index contributed by atoms with van der Waals surface area (Å²) < 4.78 is 14.9. The van der Waals surface area contributed by atoms with E-state index in [4.69, 9.17) is 19.3 Å². The molecule has 0 atom stereocenters. The van der Waals surface area contributed by atoms with Crippen molar-refractivity contribution < 1.29 is 9.31 Å². The van der Waals surface area contributed by atoms with Crippen LogP contribution in [0.3, 0.4) is 0 Å². The number of benzene rings is 5. The monoisotopic (exact) mass is 573 g/mol. The van der Waals surface area contributed by atoms with Crippen LogP contribution in [0.2, 0.25) is 0 Å². The molecule has 44 heavy (non-hydrogen) atoms. The lowest BCUT2D eigenvalue weighted by Crippen LogP contribution is -2.41. The van der Waals surface area contributed by atoms with Crippen LogP contribution in [0.15, 0.2) is 121 Å². The predicted molar refractivity (Wildman–Crippen MR) is 180 cm³/mol. The van der Waals surface area contributed by atoms with Gasteiger partial charge in [-0.3, -0.25) is 0 Å². The lowest BCUT2D eigenvalue weighted by Gasteiger charge is -2.32. The van der Waals surface area contributed by atoms with E-state index in [9.17, 15) is 0 Å². The van der Waals surface area contributed by atoms with Crippen molar-refractivity contribution in [2.75, 3.05) is 0 Å². The number of rotatable bonds is 4. The van der Waals surface area contributed by atoms with Gasteiger partial charge in [0.1, 0.15) is 0 Å². The zero-order valence-corrected chi connectivity index (χ0v) is 25.3. The van der Waals surface area contributed by atoms with Crippen LogP contribution in [0.4, 0.5) is 0 Å². The fraction of sp³-hybridized carbons (Fsp3) is 0.158. The molecule has 1 saturated heterocycles. The molecule has 6 heteroatoms. The van der Waals surface area contributed by atoms with E-state index in [1.54, 1.807) is 0 Å². The third kappa shape index (κ3) is 4.25. The fourth-order valence-corrected chi connectivity index (χ4v) is 6.17. The lowest BCUT2D eigenvalue weighted by molar-refractivity contribution is 0.00578. The molecule has 1 fully saturated rings. The standard InChI is InChI=1S/C38H32BN3O2/c1-37(2)38(3,4)44-39(43-37)27-21-18-25(19-22-27)35-30-15-8-10-16-32(30)40-36(41-35)26-20-23-34-31(24-26)29-14-9-11-17-33(29)42(34)28-12-6-5-7-13-28/h5-24H,1-4H3. The number of fused-ring (bicyclic) bond motifs is 4. The van der Waals surface area contributed by atoms with Gasteiger partial charge in [0, 0.05) is 33.0 Å². The van der Waals surface area contributed by atoms with Gasteiger partial charge in [0.05, 0.1) is 33.4 Å². The Morgan fingerprint density at radius 2 is 1.18 bits per heavy atom. The summed E-state index contributed by atoms with van der Waals surface area (Å²) in [6, 6.07) is 42.2. The van der Waals surface area contributed by atoms with E-state index >= 15 is 0 Å². The summed E-state index contributed by atoms with van der Waals surface area (Å²) in [6.45, 7) is 8.30. The maximum Gasteiger partial charge on any atom is 0.494 e. The van der Waals surface area contributed by atoms with E-state index in [1.165, 1.54) is 16.3 Å². The molecule has 0 spiro atoms. The van der Waals surface area contributed by atoms with Gasteiger partial charge in [0.2, 0.25) is 0 Å². The molecule has 7 aromatic rings. The lowest BCUT2D eigenvalue weighted by atomic mass is 9.78. The average Bonchev–Trinajstić information content (AvgIpc) is 3.49. The van der Waals surface area contributed by atoms with Crippen LogP contribution < -0.4 is 5.46 Å². The van der Waals surface area contributed by atoms with Crippen molar-refractivity contribution in [2.45, 2.75) is 38.9 Å². The smallest absolute Gasteiger partial charge is 0.399 e. The topological polar surface area (TPSA) is 49.2 Å². The maximum absolute atomic E-state index is 6.29. The number of para-hydroxylation sites is 3. The molecular formula is C38H32BN3O2. The highest BCUT2D eigenvalue weighted by Crippen LogP contribution is 2.38. The summed E-state index contributed by atoms with van der Waals surface area (Å²) >= 11 is 0. The quantitative estimate of drug-likeness (QED) is 0.199. The Morgan fingerprint density at radius 1 is 0.568 bits per heavy atom. The normalized spacial score (nSPS) is 15.9. The zero-order chi connectivity index (χ0) is 30.1. The SMILES string of the molecule is CC1(C)OB(c2ccc(-c3nc(-c4ccc5c(c4)c4ccccc4n5-c4ccccc4)nc4ccccc34)cc2)OC1(C)C.